The van der Waals surface area contributed by atoms with Crippen molar-refractivity contribution in [3.8, 4) is 0 Å². The molecular weight excluding hydrogens is 384 g/mol. The number of rotatable bonds is 8. The van der Waals surface area contributed by atoms with Gasteiger partial charge >= 0.3 is 5.97 Å². The molecule has 1 aliphatic rings. The number of ether oxygens (including phenoxy) is 1. The molecule has 7 nitrogen and oxygen atoms in total. The SMILES string of the molecule is CCCCc1ccc(NC(=O)COC(=O)[C@@H](C)N2C(=O)c3ccccc3C2=O)cc1. The third-order valence-corrected chi connectivity index (χ3v) is 4.96. The highest BCUT2D eigenvalue weighted by Crippen LogP contribution is 2.24. The van der Waals surface area contributed by atoms with Gasteiger partial charge in [-0.25, -0.2) is 4.79 Å². The van der Waals surface area contributed by atoms with Gasteiger partial charge < -0.3 is 10.1 Å². The van der Waals surface area contributed by atoms with Gasteiger partial charge in [-0.2, -0.15) is 0 Å². The summed E-state index contributed by atoms with van der Waals surface area (Å²) < 4.78 is 5.03. The van der Waals surface area contributed by atoms with E-state index in [0.717, 1.165) is 24.2 Å². The van der Waals surface area contributed by atoms with Gasteiger partial charge in [0, 0.05) is 5.69 Å². The van der Waals surface area contributed by atoms with Crippen LogP contribution in [0, 0.1) is 0 Å². The summed E-state index contributed by atoms with van der Waals surface area (Å²) in [5, 5.41) is 2.66. The first kappa shape index (κ1) is 21.2. The number of amides is 3. The van der Waals surface area contributed by atoms with E-state index in [1.165, 1.54) is 24.6 Å². The van der Waals surface area contributed by atoms with Gasteiger partial charge in [0.05, 0.1) is 11.1 Å². The minimum atomic E-state index is -1.14. The molecule has 2 aromatic carbocycles. The second-order valence-corrected chi connectivity index (χ2v) is 7.16. The molecule has 0 aliphatic carbocycles. The van der Waals surface area contributed by atoms with E-state index in [-0.39, 0.29) is 11.1 Å². The van der Waals surface area contributed by atoms with Crippen LogP contribution in [0.4, 0.5) is 5.69 Å². The Bertz CT molecular complexity index is 933. The van der Waals surface area contributed by atoms with E-state index in [4.69, 9.17) is 4.74 Å². The van der Waals surface area contributed by atoms with Gasteiger partial charge in [0.1, 0.15) is 6.04 Å². The van der Waals surface area contributed by atoms with Gasteiger partial charge in [-0.3, -0.25) is 19.3 Å². The van der Waals surface area contributed by atoms with Crippen molar-refractivity contribution >= 4 is 29.4 Å². The van der Waals surface area contributed by atoms with Gasteiger partial charge in [-0.05, 0) is 49.6 Å². The molecule has 1 aliphatic heterocycles. The molecule has 1 heterocycles. The van der Waals surface area contributed by atoms with E-state index in [0.29, 0.717) is 5.69 Å². The number of unbranched alkanes of at least 4 members (excludes halogenated alkanes) is 1. The summed E-state index contributed by atoms with van der Waals surface area (Å²) in [7, 11) is 0. The minimum Gasteiger partial charge on any atom is -0.454 e. The summed E-state index contributed by atoms with van der Waals surface area (Å²) in [5.41, 5.74) is 2.30. The molecular formula is C23H24N2O5. The number of nitrogens with one attached hydrogen (secondary N) is 1. The topological polar surface area (TPSA) is 92.8 Å². The highest BCUT2D eigenvalue weighted by atomic mass is 16.5. The molecule has 2 aromatic rings. The van der Waals surface area contributed by atoms with Crippen molar-refractivity contribution in [3.05, 3.63) is 65.2 Å². The second-order valence-electron chi connectivity index (χ2n) is 7.16. The second kappa shape index (κ2) is 9.35. The van der Waals surface area contributed by atoms with E-state index in [1.807, 2.05) is 12.1 Å². The lowest BCUT2D eigenvalue weighted by Crippen LogP contribution is -2.44. The van der Waals surface area contributed by atoms with Crippen LogP contribution in [0.5, 0.6) is 0 Å². The number of aryl methyl sites for hydroxylation is 1. The van der Waals surface area contributed by atoms with Crippen LogP contribution in [0.15, 0.2) is 48.5 Å². The van der Waals surface area contributed by atoms with Crippen molar-refractivity contribution < 1.29 is 23.9 Å². The average molecular weight is 408 g/mol. The van der Waals surface area contributed by atoms with Crippen LogP contribution in [0.2, 0.25) is 0 Å². The fraction of sp³-hybridized carbons (Fsp3) is 0.304. The highest BCUT2D eigenvalue weighted by Gasteiger charge is 2.41. The third-order valence-electron chi connectivity index (χ3n) is 4.96. The van der Waals surface area contributed by atoms with Gasteiger partial charge in [-0.1, -0.05) is 37.6 Å². The number of nitrogens with zero attached hydrogens (tertiary/aromatic N) is 1. The Morgan fingerprint density at radius 3 is 2.17 bits per heavy atom. The molecule has 0 radical (unpaired) electrons. The Morgan fingerprint density at radius 2 is 1.60 bits per heavy atom. The van der Waals surface area contributed by atoms with Gasteiger partial charge in [0.25, 0.3) is 17.7 Å². The molecule has 30 heavy (non-hydrogen) atoms. The number of imide groups is 1. The quantitative estimate of drug-likeness (QED) is 0.535. The summed E-state index contributed by atoms with van der Waals surface area (Å²) in [6.07, 6.45) is 3.20. The number of hydrogen-bond acceptors (Lipinski definition) is 5. The largest absolute Gasteiger partial charge is 0.454 e. The number of benzene rings is 2. The summed E-state index contributed by atoms with van der Waals surface area (Å²) >= 11 is 0. The number of carbonyl (C=O) groups is 4. The Labute approximate surface area is 175 Å². The molecule has 0 saturated heterocycles. The molecule has 0 bridgehead atoms. The zero-order valence-electron chi connectivity index (χ0n) is 17.0. The third kappa shape index (κ3) is 4.56. The van der Waals surface area contributed by atoms with Crippen molar-refractivity contribution in [1.29, 1.82) is 0 Å². The van der Waals surface area contributed by atoms with Crippen molar-refractivity contribution in [2.45, 2.75) is 39.2 Å². The maximum absolute atomic E-state index is 12.4. The molecule has 1 N–H and O–H groups in total. The molecule has 0 spiro atoms. The lowest BCUT2D eigenvalue weighted by molar-refractivity contribution is -0.150. The molecule has 0 unspecified atom stereocenters. The van der Waals surface area contributed by atoms with Crippen LogP contribution in [0.25, 0.3) is 0 Å². The normalized spacial score (nSPS) is 13.7. The van der Waals surface area contributed by atoms with Crippen molar-refractivity contribution in [1.82, 2.24) is 4.90 Å². The fourth-order valence-corrected chi connectivity index (χ4v) is 3.26. The summed E-state index contributed by atoms with van der Waals surface area (Å²) in [6, 6.07) is 12.7. The predicted molar refractivity (Wildman–Crippen MR) is 111 cm³/mol. The fourth-order valence-electron chi connectivity index (χ4n) is 3.26. The number of anilines is 1. The van der Waals surface area contributed by atoms with Crippen LogP contribution in [0.1, 0.15) is 53.0 Å². The highest BCUT2D eigenvalue weighted by molar-refractivity contribution is 6.22. The van der Waals surface area contributed by atoms with Crippen molar-refractivity contribution in [2.75, 3.05) is 11.9 Å². The molecule has 7 heteroatoms. The summed E-state index contributed by atoms with van der Waals surface area (Å²) in [6.45, 7) is 3.02. The Morgan fingerprint density at radius 1 is 1.00 bits per heavy atom. The molecule has 0 fully saturated rings. The Hall–Kier alpha value is -3.48. The lowest BCUT2D eigenvalue weighted by atomic mass is 10.1. The Kier molecular flexibility index (Phi) is 6.61. The van der Waals surface area contributed by atoms with Crippen molar-refractivity contribution in [3.63, 3.8) is 0 Å². The van der Waals surface area contributed by atoms with E-state index in [2.05, 4.69) is 12.2 Å². The first-order valence-electron chi connectivity index (χ1n) is 9.94. The van der Waals surface area contributed by atoms with Gasteiger partial charge in [-0.15, -0.1) is 0 Å². The number of esters is 1. The van der Waals surface area contributed by atoms with Gasteiger partial charge in [0.2, 0.25) is 0 Å². The van der Waals surface area contributed by atoms with Crippen molar-refractivity contribution in [2.24, 2.45) is 0 Å². The van der Waals surface area contributed by atoms with Crippen LogP contribution in [-0.4, -0.2) is 41.2 Å². The van der Waals surface area contributed by atoms with Crippen LogP contribution >= 0.6 is 0 Å². The molecule has 3 amide bonds. The smallest absolute Gasteiger partial charge is 0.329 e. The number of fused-ring (bicyclic) bond motifs is 1. The maximum atomic E-state index is 12.4. The van der Waals surface area contributed by atoms with E-state index in [9.17, 15) is 19.2 Å². The minimum absolute atomic E-state index is 0.252. The standard InChI is InChI=1S/C23H24N2O5/c1-3-4-7-16-10-12-17(13-11-16)24-20(26)14-30-23(29)15(2)25-21(27)18-8-5-6-9-19(18)22(25)28/h5-6,8-13,15H,3-4,7,14H2,1-2H3,(H,24,26)/t15-/m1/s1. The van der Waals surface area contributed by atoms with E-state index >= 15 is 0 Å². The van der Waals surface area contributed by atoms with Gasteiger partial charge in [0.15, 0.2) is 6.61 Å². The molecule has 0 aromatic heterocycles. The van der Waals surface area contributed by atoms with E-state index in [1.54, 1.807) is 24.3 Å². The first-order chi connectivity index (χ1) is 14.4. The van der Waals surface area contributed by atoms with E-state index < -0.39 is 36.3 Å². The number of hydrogen-bond donors (Lipinski definition) is 1. The molecule has 3 rings (SSSR count). The molecule has 1 atom stereocenters. The van der Waals surface area contributed by atoms with Crippen LogP contribution in [0.3, 0.4) is 0 Å². The number of carbonyl (C=O) groups excluding carboxylic acids is 4. The monoisotopic (exact) mass is 408 g/mol. The lowest BCUT2D eigenvalue weighted by Gasteiger charge is -2.20. The maximum Gasteiger partial charge on any atom is 0.329 e. The Balaban J connectivity index is 1.52. The summed E-state index contributed by atoms with van der Waals surface area (Å²) in [5.74, 6) is -2.42. The van der Waals surface area contributed by atoms with Crippen LogP contribution in [-0.2, 0) is 20.7 Å². The average Bonchev–Trinajstić information content (AvgIpc) is 3.01. The predicted octanol–water partition coefficient (Wildman–Crippen LogP) is 3.20. The first-order valence-corrected chi connectivity index (χ1v) is 9.94. The zero-order chi connectivity index (χ0) is 21.7. The van der Waals surface area contributed by atoms with Crippen LogP contribution < -0.4 is 5.32 Å². The summed E-state index contributed by atoms with van der Waals surface area (Å²) in [4.78, 5) is 50.2. The zero-order valence-corrected chi connectivity index (χ0v) is 17.0. The molecule has 0 saturated carbocycles. The molecule has 156 valence electrons.